The zero-order chi connectivity index (χ0) is 12.0. The third-order valence-electron chi connectivity index (χ3n) is 2.88. The van der Waals surface area contributed by atoms with Gasteiger partial charge < -0.3 is 15.7 Å². The van der Waals surface area contributed by atoms with E-state index in [1.165, 1.54) is 19.8 Å². The first-order valence-corrected chi connectivity index (χ1v) is 5.85. The molecule has 1 fully saturated rings. The molecule has 1 saturated heterocycles. The van der Waals surface area contributed by atoms with Crippen molar-refractivity contribution in [3.05, 3.63) is 0 Å². The van der Waals surface area contributed by atoms with Crippen LogP contribution in [-0.2, 0) is 9.59 Å². The number of nitrogens with one attached hydrogen (secondary N) is 2. The minimum atomic E-state index is -0.996. The molecule has 5 heteroatoms. The lowest BCUT2D eigenvalue weighted by Crippen LogP contribution is -2.40. The molecule has 2 atom stereocenters. The summed E-state index contributed by atoms with van der Waals surface area (Å²) >= 11 is 0. The molecule has 0 bridgehead atoms. The number of carbonyl (C=O) groups is 2. The summed E-state index contributed by atoms with van der Waals surface area (Å²) in [6.07, 6.45) is 4.72. The summed E-state index contributed by atoms with van der Waals surface area (Å²) in [6, 6.07) is -0.383. The molecule has 1 aliphatic rings. The molecule has 0 saturated carbocycles. The zero-order valence-corrected chi connectivity index (χ0v) is 9.66. The summed E-state index contributed by atoms with van der Waals surface area (Å²) in [6.45, 7) is 2.50. The van der Waals surface area contributed by atoms with E-state index in [0.717, 1.165) is 19.4 Å². The van der Waals surface area contributed by atoms with E-state index in [1.54, 1.807) is 0 Å². The second kappa shape index (κ2) is 6.48. The van der Waals surface area contributed by atoms with Crippen molar-refractivity contribution >= 4 is 11.9 Å². The molecule has 92 valence electrons. The molecule has 3 N–H and O–H groups in total. The molecule has 16 heavy (non-hydrogen) atoms. The number of piperidine rings is 1. The largest absolute Gasteiger partial charge is 0.480 e. The van der Waals surface area contributed by atoms with Crippen LogP contribution in [0.5, 0.6) is 0 Å². The highest BCUT2D eigenvalue weighted by Crippen LogP contribution is 2.11. The summed E-state index contributed by atoms with van der Waals surface area (Å²) in [5.41, 5.74) is 0. The third kappa shape index (κ3) is 4.61. The Hall–Kier alpha value is -1.10. The van der Waals surface area contributed by atoms with Gasteiger partial charge in [-0.15, -0.1) is 0 Å². The number of rotatable bonds is 5. The SMILES string of the molecule is C[C@H](NC(=O)CCC1CCCCN1)C(=O)O. The maximum Gasteiger partial charge on any atom is 0.325 e. The smallest absolute Gasteiger partial charge is 0.325 e. The molecule has 1 rings (SSSR count). The van der Waals surface area contributed by atoms with Crippen molar-refractivity contribution in [2.24, 2.45) is 0 Å². The van der Waals surface area contributed by atoms with E-state index in [0.29, 0.717) is 12.5 Å². The van der Waals surface area contributed by atoms with Crippen molar-refractivity contribution in [3.8, 4) is 0 Å². The van der Waals surface area contributed by atoms with Gasteiger partial charge in [0.1, 0.15) is 6.04 Å². The Labute approximate surface area is 95.6 Å². The van der Waals surface area contributed by atoms with Crippen LogP contribution in [0.2, 0.25) is 0 Å². The molecule has 1 aliphatic heterocycles. The van der Waals surface area contributed by atoms with E-state index in [4.69, 9.17) is 5.11 Å². The van der Waals surface area contributed by atoms with Crippen molar-refractivity contribution in [2.45, 2.75) is 51.1 Å². The highest BCUT2D eigenvalue weighted by molar-refractivity contribution is 5.83. The van der Waals surface area contributed by atoms with Gasteiger partial charge in [0.2, 0.25) is 5.91 Å². The quantitative estimate of drug-likeness (QED) is 0.640. The molecule has 1 amide bonds. The van der Waals surface area contributed by atoms with Crippen LogP contribution in [0, 0.1) is 0 Å². The monoisotopic (exact) mass is 228 g/mol. The van der Waals surface area contributed by atoms with E-state index in [-0.39, 0.29) is 5.91 Å². The fraction of sp³-hybridized carbons (Fsp3) is 0.818. The lowest BCUT2D eigenvalue weighted by molar-refractivity contribution is -0.141. The van der Waals surface area contributed by atoms with Crippen molar-refractivity contribution < 1.29 is 14.7 Å². The highest BCUT2D eigenvalue weighted by atomic mass is 16.4. The molecule has 1 unspecified atom stereocenters. The normalized spacial score (nSPS) is 22.4. The molecule has 0 aromatic heterocycles. The molecule has 1 heterocycles. The first kappa shape index (κ1) is 13.0. The Bertz CT molecular complexity index is 250. The van der Waals surface area contributed by atoms with Crippen LogP contribution < -0.4 is 10.6 Å². The summed E-state index contributed by atoms with van der Waals surface area (Å²) in [4.78, 5) is 21.9. The highest BCUT2D eigenvalue weighted by Gasteiger charge is 2.16. The first-order chi connectivity index (χ1) is 7.59. The van der Waals surface area contributed by atoms with Gasteiger partial charge in [-0.2, -0.15) is 0 Å². The predicted octanol–water partition coefficient (Wildman–Crippen LogP) is 0.498. The van der Waals surface area contributed by atoms with Crippen LogP contribution in [0.3, 0.4) is 0 Å². The van der Waals surface area contributed by atoms with Gasteiger partial charge in [0.05, 0.1) is 0 Å². The molecular weight excluding hydrogens is 208 g/mol. The van der Waals surface area contributed by atoms with Crippen LogP contribution in [0.4, 0.5) is 0 Å². The molecule has 0 radical (unpaired) electrons. The van der Waals surface area contributed by atoms with E-state index in [2.05, 4.69) is 10.6 Å². The average molecular weight is 228 g/mol. The maximum absolute atomic E-state index is 11.4. The molecular formula is C11H20N2O3. The number of aliphatic carboxylic acids is 1. The Balaban J connectivity index is 2.16. The lowest BCUT2D eigenvalue weighted by Gasteiger charge is -2.23. The summed E-state index contributed by atoms with van der Waals surface area (Å²) in [5, 5.41) is 14.4. The van der Waals surface area contributed by atoms with Gasteiger partial charge in [-0.25, -0.2) is 0 Å². The number of carboxylic acids is 1. The van der Waals surface area contributed by atoms with Crippen LogP contribution in [-0.4, -0.2) is 35.6 Å². The van der Waals surface area contributed by atoms with Gasteiger partial charge in [-0.1, -0.05) is 6.42 Å². The second-order valence-corrected chi connectivity index (χ2v) is 4.31. The molecule has 0 aliphatic carbocycles. The Morgan fingerprint density at radius 1 is 1.50 bits per heavy atom. The second-order valence-electron chi connectivity index (χ2n) is 4.31. The molecule has 0 spiro atoms. The summed E-state index contributed by atoms with van der Waals surface area (Å²) in [5.74, 6) is -1.17. The Morgan fingerprint density at radius 3 is 2.81 bits per heavy atom. The standard InChI is InChI=1S/C11H20N2O3/c1-8(11(15)16)13-10(14)6-5-9-4-2-3-7-12-9/h8-9,12H,2-7H2,1H3,(H,13,14)(H,15,16)/t8-,9?/m0/s1. The maximum atomic E-state index is 11.4. The van der Waals surface area contributed by atoms with Gasteiger partial charge in [-0.3, -0.25) is 9.59 Å². The number of carbonyl (C=O) groups excluding carboxylic acids is 1. The predicted molar refractivity (Wildman–Crippen MR) is 60.1 cm³/mol. The van der Waals surface area contributed by atoms with E-state index >= 15 is 0 Å². The number of hydrogen-bond donors (Lipinski definition) is 3. The fourth-order valence-corrected chi connectivity index (χ4v) is 1.85. The molecule has 0 aromatic carbocycles. The van der Waals surface area contributed by atoms with Crippen LogP contribution >= 0.6 is 0 Å². The Morgan fingerprint density at radius 2 is 2.25 bits per heavy atom. The minimum Gasteiger partial charge on any atom is -0.480 e. The topological polar surface area (TPSA) is 78.4 Å². The Kier molecular flexibility index (Phi) is 5.25. The van der Waals surface area contributed by atoms with Crippen LogP contribution in [0.15, 0.2) is 0 Å². The van der Waals surface area contributed by atoms with Gasteiger partial charge >= 0.3 is 5.97 Å². The lowest BCUT2D eigenvalue weighted by atomic mass is 10.0. The van der Waals surface area contributed by atoms with E-state index < -0.39 is 12.0 Å². The minimum absolute atomic E-state index is 0.178. The first-order valence-electron chi connectivity index (χ1n) is 5.85. The van der Waals surface area contributed by atoms with Crippen molar-refractivity contribution in [2.75, 3.05) is 6.54 Å². The molecule has 0 aromatic rings. The van der Waals surface area contributed by atoms with Crippen LogP contribution in [0.25, 0.3) is 0 Å². The molecule has 5 nitrogen and oxygen atoms in total. The van der Waals surface area contributed by atoms with E-state index in [1.807, 2.05) is 0 Å². The summed E-state index contributed by atoms with van der Waals surface area (Å²) < 4.78 is 0. The fourth-order valence-electron chi connectivity index (χ4n) is 1.85. The van der Waals surface area contributed by atoms with Gasteiger partial charge in [0.25, 0.3) is 0 Å². The zero-order valence-electron chi connectivity index (χ0n) is 9.66. The third-order valence-corrected chi connectivity index (χ3v) is 2.88. The van der Waals surface area contributed by atoms with Crippen LogP contribution in [0.1, 0.15) is 39.0 Å². The number of hydrogen-bond acceptors (Lipinski definition) is 3. The van der Waals surface area contributed by atoms with Crippen molar-refractivity contribution in [1.29, 1.82) is 0 Å². The average Bonchev–Trinajstić information content (AvgIpc) is 2.27. The van der Waals surface area contributed by atoms with Crippen molar-refractivity contribution in [1.82, 2.24) is 10.6 Å². The van der Waals surface area contributed by atoms with Gasteiger partial charge in [0.15, 0.2) is 0 Å². The van der Waals surface area contributed by atoms with Gasteiger partial charge in [0, 0.05) is 12.5 Å². The van der Waals surface area contributed by atoms with Crippen molar-refractivity contribution in [3.63, 3.8) is 0 Å². The number of carboxylic acid groups (broad SMARTS) is 1. The van der Waals surface area contributed by atoms with Gasteiger partial charge in [-0.05, 0) is 32.7 Å². The van der Waals surface area contributed by atoms with E-state index in [9.17, 15) is 9.59 Å². The summed E-state index contributed by atoms with van der Waals surface area (Å²) in [7, 11) is 0. The number of amides is 1.